The number of fused-ring (bicyclic) bond motifs is 2. The Balaban J connectivity index is 1.35. The maximum Gasteiger partial charge on any atom is 0.277 e. The molecular weight excluding hydrogens is 406 g/mol. The first kappa shape index (κ1) is 20.1. The Kier molecular flexibility index (Phi) is 5.28. The molecule has 3 aromatic rings. The molecule has 2 aliphatic heterocycles. The number of piperazine rings is 1. The lowest BCUT2D eigenvalue weighted by molar-refractivity contribution is -0.133. The first-order chi connectivity index (χ1) is 15.7. The minimum atomic E-state index is -0.649. The van der Waals surface area contributed by atoms with Crippen LogP contribution in [0.4, 0.5) is 5.95 Å². The molecule has 0 aliphatic carbocycles. The molecular formula is C24H23N5O3. The van der Waals surface area contributed by atoms with E-state index in [4.69, 9.17) is 5.21 Å². The zero-order chi connectivity index (χ0) is 22.1. The molecule has 2 atom stereocenters. The zero-order valence-corrected chi connectivity index (χ0v) is 17.3. The van der Waals surface area contributed by atoms with Gasteiger partial charge in [0, 0.05) is 25.5 Å². The maximum absolute atomic E-state index is 13.7. The van der Waals surface area contributed by atoms with Gasteiger partial charge in [0.25, 0.3) is 5.91 Å². The van der Waals surface area contributed by atoms with Crippen LogP contribution in [0.2, 0.25) is 0 Å². The van der Waals surface area contributed by atoms with Gasteiger partial charge in [-0.25, -0.2) is 15.4 Å². The lowest BCUT2D eigenvalue weighted by Gasteiger charge is -2.36. The van der Waals surface area contributed by atoms with E-state index in [2.05, 4.69) is 14.9 Å². The van der Waals surface area contributed by atoms with Gasteiger partial charge in [0.2, 0.25) is 11.9 Å². The van der Waals surface area contributed by atoms with Crippen LogP contribution in [0, 0.1) is 0 Å². The summed E-state index contributed by atoms with van der Waals surface area (Å²) in [6.45, 7) is 1.26. The van der Waals surface area contributed by atoms with E-state index in [9.17, 15) is 9.59 Å². The Morgan fingerprint density at radius 1 is 0.906 bits per heavy atom. The third-order valence-electron chi connectivity index (χ3n) is 6.30. The van der Waals surface area contributed by atoms with E-state index in [0.717, 1.165) is 17.5 Å². The Hall–Kier alpha value is -3.78. The number of anilines is 1. The standard InChI is InChI=1S/C24H23N5O3/c30-22(27-32)18-12-25-24(26-13-18)29-15-19-11-20(29)14-28(19)23(31)21(16-7-3-1-4-8-16)17-9-5-2-6-10-17/h1-10,12-13,19-21,32H,11,14-15H2,(H,27,30). The second-order valence-corrected chi connectivity index (χ2v) is 8.15. The summed E-state index contributed by atoms with van der Waals surface area (Å²) < 4.78 is 0. The van der Waals surface area contributed by atoms with E-state index in [1.165, 1.54) is 12.4 Å². The molecule has 8 heteroatoms. The summed E-state index contributed by atoms with van der Waals surface area (Å²) in [5.74, 6) is -0.339. The van der Waals surface area contributed by atoms with Crippen LogP contribution in [-0.2, 0) is 4.79 Å². The molecule has 1 aromatic heterocycles. The van der Waals surface area contributed by atoms with E-state index in [1.54, 1.807) is 5.48 Å². The smallest absolute Gasteiger partial charge is 0.277 e. The lowest BCUT2D eigenvalue weighted by Crippen LogP contribution is -2.50. The first-order valence-corrected chi connectivity index (χ1v) is 10.6. The summed E-state index contributed by atoms with van der Waals surface area (Å²) in [4.78, 5) is 37.9. The molecule has 0 radical (unpaired) electrons. The predicted molar refractivity (Wildman–Crippen MR) is 117 cm³/mol. The fraction of sp³-hybridized carbons (Fsp3) is 0.250. The first-order valence-electron chi connectivity index (χ1n) is 10.6. The molecule has 0 spiro atoms. The lowest BCUT2D eigenvalue weighted by atomic mass is 9.89. The molecule has 2 saturated heterocycles. The van der Waals surface area contributed by atoms with Gasteiger partial charge >= 0.3 is 0 Å². The Morgan fingerprint density at radius 3 is 2.00 bits per heavy atom. The van der Waals surface area contributed by atoms with Gasteiger partial charge in [0.15, 0.2) is 0 Å². The van der Waals surface area contributed by atoms with Gasteiger partial charge in [-0.15, -0.1) is 0 Å². The highest BCUT2D eigenvalue weighted by atomic mass is 16.5. The molecule has 3 heterocycles. The number of likely N-dealkylation sites (tertiary alicyclic amines) is 1. The normalized spacial score (nSPS) is 19.4. The number of carbonyl (C=O) groups is 2. The number of hydroxylamine groups is 1. The number of hydrogen-bond donors (Lipinski definition) is 2. The molecule has 2 fully saturated rings. The van der Waals surface area contributed by atoms with Crippen molar-refractivity contribution in [2.24, 2.45) is 0 Å². The number of carbonyl (C=O) groups excluding carboxylic acids is 2. The number of benzene rings is 2. The van der Waals surface area contributed by atoms with Gasteiger partial charge in [-0.05, 0) is 17.5 Å². The van der Waals surface area contributed by atoms with E-state index in [0.29, 0.717) is 19.0 Å². The van der Waals surface area contributed by atoms with Gasteiger partial charge in [0.05, 0.1) is 23.6 Å². The van der Waals surface area contributed by atoms with Gasteiger partial charge < -0.3 is 9.80 Å². The van der Waals surface area contributed by atoms with Crippen molar-refractivity contribution in [3.05, 3.63) is 89.7 Å². The van der Waals surface area contributed by atoms with Crippen molar-refractivity contribution in [1.82, 2.24) is 20.3 Å². The average molecular weight is 429 g/mol. The molecule has 2 bridgehead atoms. The van der Waals surface area contributed by atoms with Crippen molar-refractivity contribution in [2.75, 3.05) is 18.0 Å². The van der Waals surface area contributed by atoms with Crippen molar-refractivity contribution in [1.29, 1.82) is 0 Å². The largest absolute Gasteiger partial charge is 0.335 e. The topological polar surface area (TPSA) is 98.7 Å². The van der Waals surface area contributed by atoms with Crippen LogP contribution in [0.25, 0.3) is 0 Å². The van der Waals surface area contributed by atoms with Gasteiger partial charge in [0.1, 0.15) is 0 Å². The molecule has 2 N–H and O–H groups in total. The van der Waals surface area contributed by atoms with Crippen molar-refractivity contribution in [3.63, 3.8) is 0 Å². The van der Waals surface area contributed by atoms with Crippen LogP contribution in [-0.4, -0.2) is 57.1 Å². The average Bonchev–Trinajstić information content (AvgIpc) is 3.46. The van der Waals surface area contributed by atoms with Crippen molar-refractivity contribution < 1.29 is 14.8 Å². The summed E-state index contributed by atoms with van der Waals surface area (Å²) in [6, 6.07) is 20.0. The number of amides is 2. The van der Waals surface area contributed by atoms with Crippen LogP contribution in [0.5, 0.6) is 0 Å². The van der Waals surface area contributed by atoms with E-state index in [1.807, 2.05) is 65.6 Å². The highest BCUT2D eigenvalue weighted by Crippen LogP contribution is 2.36. The van der Waals surface area contributed by atoms with Crippen LogP contribution in [0.1, 0.15) is 33.8 Å². The molecule has 2 aromatic carbocycles. The highest BCUT2D eigenvalue weighted by molar-refractivity contribution is 5.92. The number of nitrogens with one attached hydrogen (secondary N) is 1. The molecule has 2 amide bonds. The highest BCUT2D eigenvalue weighted by Gasteiger charge is 2.47. The predicted octanol–water partition coefficient (Wildman–Crippen LogP) is 2.22. The van der Waals surface area contributed by atoms with Gasteiger partial charge in [-0.2, -0.15) is 0 Å². The summed E-state index contributed by atoms with van der Waals surface area (Å²) in [5, 5.41) is 8.74. The fourth-order valence-electron chi connectivity index (χ4n) is 4.77. The summed E-state index contributed by atoms with van der Waals surface area (Å²) in [7, 11) is 0. The quantitative estimate of drug-likeness (QED) is 0.477. The Bertz CT molecular complexity index is 1070. The molecule has 2 unspecified atom stereocenters. The van der Waals surface area contributed by atoms with Crippen LogP contribution in [0.3, 0.4) is 0 Å². The molecule has 5 rings (SSSR count). The number of rotatable bonds is 5. The minimum Gasteiger partial charge on any atom is -0.335 e. The Labute approximate surface area is 185 Å². The summed E-state index contributed by atoms with van der Waals surface area (Å²) in [5.41, 5.74) is 3.74. The fourth-order valence-corrected chi connectivity index (χ4v) is 4.77. The molecule has 0 saturated carbocycles. The molecule has 162 valence electrons. The van der Waals surface area contributed by atoms with Gasteiger partial charge in [-0.1, -0.05) is 60.7 Å². The van der Waals surface area contributed by atoms with Gasteiger partial charge in [-0.3, -0.25) is 14.8 Å². The summed E-state index contributed by atoms with van der Waals surface area (Å²) in [6.07, 6.45) is 3.65. The third kappa shape index (κ3) is 3.58. The van der Waals surface area contributed by atoms with E-state index >= 15 is 0 Å². The second-order valence-electron chi connectivity index (χ2n) is 8.15. The molecule has 2 aliphatic rings. The Morgan fingerprint density at radius 2 is 1.50 bits per heavy atom. The van der Waals surface area contributed by atoms with Crippen LogP contribution >= 0.6 is 0 Å². The van der Waals surface area contributed by atoms with Crippen molar-refractivity contribution in [3.8, 4) is 0 Å². The maximum atomic E-state index is 13.7. The van der Waals surface area contributed by atoms with Crippen molar-refractivity contribution in [2.45, 2.75) is 24.4 Å². The van der Waals surface area contributed by atoms with E-state index < -0.39 is 5.91 Å². The zero-order valence-electron chi connectivity index (χ0n) is 17.3. The third-order valence-corrected chi connectivity index (χ3v) is 6.30. The van der Waals surface area contributed by atoms with Crippen LogP contribution < -0.4 is 10.4 Å². The number of nitrogens with zero attached hydrogens (tertiary/aromatic N) is 4. The second kappa shape index (κ2) is 8.39. The van der Waals surface area contributed by atoms with Crippen LogP contribution in [0.15, 0.2) is 73.1 Å². The van der Waals surface area contributed by atoms with Crippen molar-refractivity contribution >= 4 is 17.8 Å². The SMILES string of the molecule is O=C(NO)c1cnc(N2CC3CC2CN3C(=O)C(c2ccccc2)c2ccccc2)nc1. The number of aromatic nitrogens is 2. The summed E-state index contributed by atoms with van der Waals surface area (Å²) >= 11 is 0. The monoisotopic (exact) mass is 429 g/mol. The number of hydrogen-bond acceptors (Lipinski definition) is 6. The molecule has 32 heavy (non-hydrogen) atoms. The van der Waals surface area contributed by atoms with E-state index in [-0.39, 0.29) is 29.5 Å². The minimum absolute atomic E-state index is 0.0893. The molecule has 8 nitrogen and oxygen atoms in total.